The van der Waals surface area contributed by atoms with Gasteiger partial charge in [0.25, 0.3) is 5.56 Å². The summed E-state index contributed by atoms with van der Waals surface area (Å²) in [5.74, 6) is 0.400. The quantitative estimate of drug-likeness (QED) is 0.419. The van der Waals surface area contributed by atoms with Gasteiger partial charge >= 0.3 is 0 Å². The summed E-state index contributed by atoms with van der Waals surface area (Å²) < 4.78 is 21.1. The highest BCUT2D eigenvalue weighted by Crippen LogP contribution is 2.30. The lowest BCUT2D eigenvalue weighted by molar-refractivity contribution is 0.0906. The fourth-order valence-electron chi connectivity index (χ4n) is 5.70. The Labute approximate surface area is 220 Å². The van der Waals surface area contributed by atoms with Crippen LogP contribution in [0.4, 0.5) is 10.1 Å². The van der Waals surface area contributed by atoms with E-state index in [1.165, 1.54) is 12.1 Å². The Balaban J connectivity index is 1.38. The highest BCUT2D eigenvalue weighted by atomic mass is 19.1. The first-order valence-electron chi connectivity index (χ1n) is 13.2. The standard InChI is InChI=1S/C28H32FN7O2/c1-18-5-6-19(2)25-23(18)16-24(28(37)30-25)26(27-31-32-33-36(27)17-22-4-3-15-38-22)35-13-11-34(12-14-35)21-9-7-20(29)8-10-21/h5-10,16,22,26H,3-4,11-15,17H2,1-2H3,(H,30,37). The molecular weight excluding hydrogens is 485 g/mol. The first-order chi connectivity index (χ1) is 18.5. The lowest BCUT2D eigenvalue weighted by Crippen LogP contribution is -2.49. The van der Waals surface area contributed by atoms with Crippen molar-refractivity contribution in [1.82, 2.24) is 30.1 Å². The summed E-state index contributed by atoms with van der Waals surface area (Å²) >= 11 is 0. The fraction of sp³-hybridized carbons (Fsp3) is 0.429. The number of rotatable bonds is 6. The molecule has 2 aromatic carbocycles. The van der Waals surface area contributed by atoms with Gasteiger partial charge in [-0.3, -0.25) is 9.69 Å². The van der Waals surface area contributed by atoms with Crippen molar-refractivity contribution in [2.24, 2.45) is 0 Å². The van der Waals surface area contributed by atoms with Crippen LogP contribution in [0.2, 0.25) is 0 Å². The van der Waals surface area contributed by atoms with Gasteiger partial charge in [-0.25, -0.2) is 9.07 Å². The molecule has 10 heteroatoms. The van der Waals surface area contributed by atoms with E-state index in [1.54, 1.807) is 4.68 Å². The van der Waals surface area contributed by atoms with Crippen LogP contribution in [0.25, 0.3) is 10.9 Å². The first-order valence-corrected chi connectivity index (χ1v) is 13.2. The monoisotopic (exact) mass is 517 g/mol. The number of nitrogens with one attached hydrogen (secondary N) is 1. The Morgan fingerprint density at radius 2 is 1.84 bits per heavy atom. The van der Waals surface area contributed by atoms with Crippen molar-refractivity contribution in [3.8, 4) is 0 Å². The van der Waals surface area contributed by atoms with Crippen LogP contribution in [0.15, 0.2) is 47.3 Å². The van der Waals surface area contributed by atoms with Gasteiger partial charge in [0.05, 0.1) is 18.2 Å². The lowest BCUT2D eigenvalue weighted by Gasteiger charge is -2.39. The van der Waals surface area contributed by atoms with Gasteiger partial charge in [0.15, 0.2) is 5.82 Å². The van der Waals surface area contributed by atoms with Crippen LogP contribution in [-0.2, 0) is 11.3 Å². The minimum absolute atomic E-state index is 0.0630. The predicted molar refractivity (Wildman–Crippen MR) is 143 cm³/mol. The van der Waals surface area contributed by atoms with E-state index in [9.17, 15) is 9.18 Å². The average Bonchev–Trinajstić information content (AvgIpc) is 3.61. The molecule has 38 heavy (non-hydrogen) atoms. The SMILES string of the molecule is Cc1ccc(C)c2[nH]c(=O)c(C(c3nnnn3CC3CCCO3)N3CCN(c4ccc(F)cc4)CC3)cc12. The molecule has 2 aromatic heterocycles. The molecule has 0 radical (unpaired) electrons. The molecule has 9 nitrogen and oxygen atoms in total. The molecule has 2 saturated heterocycles. The molecule has 2 fully saturated rings. The normalized spacial score (nSPS) is 19.3. The highest BCUT2D eigenvalue weighted by molar-refractivity contribution is 5.85. The Morgan fingerprint density at radius 3 is 2.58 bits per heavy atom. The number of fused-ring (bicyclic) bond motifs is 1. The molecule has 1 N–H and O–H groups in total. The molecule has 4 heterocycles. The van der Waals surface area contributed by atoms with Gasteiger partial charge in [0.1, 0.15) is 11.9 Å². The van der Waals surface area contributed by atoms with E-state index in [0.29, 0.717) is 31.0 Å². The van der Waals surface area contributed by atoms with Crippen molar-refractivity contribution >= 4 is 16.6 Å². The number of piperazine rings is 1. The molecule has 0 saturated carbocycles. The van der Waals surface area contributed by atoms with E-state index < -0.39 is 6.04 Å². The van der Waals surface area contributed by atoms with Gasteiger partial charge in [0, 0.05) is 49.4 Å². The second kappa shape index (κ2) is 10.3. The third kappa shape index (κ3) is 4.69. The van der Waals surface area contributed by atoms with Gasteiger partial charge in [-0.1, -0.05) is 12.1 Å². The van der Waals surface area contributed by atoms with Crippen LogP contribution in [0.3, 0.4) is 0 Å². The number of aryl methyl sites for hydroxylation is 2. The first kappa shape index (κ1) is 24.7. The maximum atomic E-state index is 13.6. The van der Waals surface area contributed by atoms with Crippen molar-refractivity contribution in [3.05, 3.63) is 81.2 Å². The molecule has 2 unspecified atom stereocenters. The Hall–Kier alpha value is -3.63. The summed E-state index contributed by atoms with van der Waals surface area (Å²) in [4.78, 5) is 21.3. The smallest absolute Gasteiger partial charge is 0.253 e. The molecule has 0 aliphatic carbocycles. The molecular formula is C28H32FN7O2. The summed E-state index contributed by atoms with van der Waals surface area (Å²) in [7, 11) is 0. The number of anilines is 1. The number of H-pyrrole nitrogens is 1. The van der Waals surface area contributed by atoms with E-state index in [0.717, 1.165) is 60.3 Å². The second-order valence-electron chi connectivity index (χ2n) is 10.3. The third-order valence-electron chi connectivity index (χ3n) is 7.84. The van der Waals surface area contributed by atoms with E-state index >= 15 is 0 Å². The predicted octanol–water partition coefficient (Wildman–Crippen LogP) is 3.36. The molecule has 2 aliphatic heterocycles. The maximum Gasteiger partial charge on any atom is 0.253 e. The van der Waals surface area contributed by atoms with Crippen molar-refractivity contribution in [2.45, 2.75) is 45.4 Å². The van der Waals surface area contributed by atoms with E-state index in [-0.39, 0.29) is 17.5 Å². The molecule has 2 atom stereocenters. The van der Waals surface area contributed by atoms with Gasteiger partial charge in [-0.15, -0.1) is 5.10 Å². The number of aromatic amines is 1. The molecule has 198 valence electrons. The fourth-order valence-corrected chi connectivity index (χ4v) is 5.70. The van der Waals surface area contributed by atoms with Crippen molar-refractivity contribution < 1.29 is 9.13 Å². The second-order valence-corrected chi connectivity index (χ2v) is 10.3. The molecule has 6 rings (SSSR count). The van der Waals surface area contributed by atoms with Gasteiger partial charge < -0.3 is 14.6 Å². The van der Waals surface area contributed by atoms with Crippen LogP contribution >= 0.6 is 0 Å². The van der Waals surface area contributed by atoms with Crippen LogP contribution in [-0.4, -0.2) is 69.0 Å². The number of aromatic nitrogens is 5. The lowest BCUT2D eigenvalue weighted by atomic mass is 9.99. The van der Waals surface area contributed by atoms with Crippen LogP contribution in [0.5, 0.6) is 0 Å². The summed E-state index contributed by atoms with van der Waals surface area (Å²) in [5, 5.41) is 13.8. The third-order valence-corrected chi connectivity index (χ3v) is 7.84. The molecule has 0 bridgehead atoms. The minimum Gasteiger partial charge on any atom is -0.376 e. The molecule has 0 amide bonds. The maximum absolute atomic E-state index is 13.6. The number of pyridine rings is 1. The van der Waals surface area contributed by atoms with Crippen molar-refractivity contribution in [3.63, 3.8) is 0 Å². The number of halogens is 1. The van der Waals surface area contributed by atoms with Crippen LogP contribution in [0, 0.1) is 19.7 Å². The highest BCUT2D eigenvalue weighted by Gasteiger charge is 2.33. The van der Waals surface area contributed by atoms with E-state index in [1.807, 2.05) is 31.2 Å². The van der Waals surface area contributed by atoms with Crippen LogP contribution in [0.1, 0.15) is 41.4 Å². The van der Waals surface area contributed by atoms with E-state index in [2.05, 4.69) is 43.3 Å². The summed E-state index contributed by atoms with van der Waals surface area (Å²) in [6, 6.07) is 12.3. The largest absolute Gasteiger partial charge is 0.376 e. The number of hydrogen-bond acceptors (Lipinski definition) is 7. The zero-order chi connectivity index (χ0) is 26.2. The van der Waals surface area contributed by atoms with E-state index in [4.69, 9.17) is 4.74 Å². The Morgan fingerprint density at radius 1 is 1.08 bits per heavy atom. The van der Waals surface area contributed by atoms with Gasteiger partial charge in [0.2, 0.25) is 0 Å². The number of tetrazole rings is 1. The topological polar surface area (TPSA) is 92.2 Å². The van der Waals surface area contributed by atoms with Gasteiger partial charge in [-0.05, 0) is 78.6 Å². The number of ether oxygens (including phenoxy) is 1. The van der Waals surface area contributed by atoms with Crippen molar-refractivity contribution in [1.29, 1.82) is 0 Å². The van der Waals surface area contributed by atoms with Crippen LogP contribution < -0.4 is 10.5 Å². The summed E-state index contributed by atoms with van der Waals surface area (Å²) in [6.45, 7) is 8.22. The minimum atomic E-state index is -0.421. The molecule has 4 aromatic rings. The number of benzene rings is 2. The van der Waals surface area contributed by atoms with Gasteiger partial charge in [-0.2, -0.15) is 0 Å². The summed E-state index contributed by atoms with van der Waals surface area (Å²) in [5.41, 5.74) is 4.47. The number of nitrogens with zero attached hydrogens (tertiary/aromatic N) is 6. The summed E-state index contributed by atoms with van der Waals surface area (Å²) in [6.07, 6.45) is 2.06. The average molecular weight is 518 g/mol. The molecule has 2 aliphatic rings. The Kier molecular flexibility index (Phi) is 6.67. The zero-order valence-electron chi connectivity index (χ0n) is 21.7. The van der Waals surface area contributed by atoms with Crippen molar-refractivity contribution in [2.75, 3.05) is 37.7 Å². The Bertz CT molecular complexity index is 1490. The number of hydrogen-bond donors (Lipinski definition) is 1. The molecule has 0 spiro atoms. The zero-order valence-corrected chi connectivity index (χ0v) is 21.7.